The zero-order valence-electron chi connectivity index (χ0n) is 15.6. The molecule has 0 aliphatic rings. The zero-order valence-corrected chi connectivity index (χ0v) is 15.6. The Bertz CT molecular complexity index is 714. The number of benzene rings is 2. The molecule has 2 amide bonds. The van der Waals surface area contributed by atoms with Crippen LogP contribution in [0.1, 0.15) is 25.8 Å². The summed E-state index contributed by atoms with van der Waals surface area (Å²) in [6, 6.07) is 17.2. The van der Waals surface area contributed by atoms with Crippen LogP contribution in [0, 0.1) is 0 Å². The molecule has 2 aromatic carbocycles. The van der Waals surface area contributed by atoms with Crippen molar-refractivity contribution in [2.45, 2.75) is 26.8 Å². The first-order valence-corrected chi connectivity index (χ1v) is 8.79. The van der Waals surface area contributed by atoms with Crippen molar-refractivity contribution >= 4 is 17.5 Å². The van der Waals surface area contributed by atoms with Gasteiger partial charge in [0.05, 0.1) is 7.11 Å². The highest BCUT2D eigenvalue weighted by Gasteiger charge is 2.17. The van der Waals surface area contributed by atoms with Gasteiger partial charge in [0.2, 0.25) is 11.8 Å². The Morgan fingerprint density at radius 2 is 1.65 bits per heavy atom. The van der Waals surface area contributed by atoms with Crippen molar-refractivity contribution in [3.63, 3.8) is 0 Å². The van der Waals surface area contributed by atoms with Gasteiger partial charge in [0.15, 0.2) is 0 Å². The molecule has 0 fully saturated rings. The van der Waals surface area contributed by atoms with Crippen LogP contribution in [0.3, 0.4) is 0 Å². The van der Waals surface area contributed by atoms with E-state index in [1.807, 2.05) is 54.3 Å². The van der Waals surface area contributed by atoms with E-state index in [2.05, 4.69) is 0 Å². The van der Waals surface area contributed by atoms with Crippen LogP contribution in [0.25, 0.3) is 0 Å². The number of ether oxygens (including phenoxy) is 1. The number of hydrogen-bond donors (Lipinski definition) is 0. The van der Waals surface area contributed by atoms with E-state index < -0.39 is 0 Å². The van der Waals surface area contributed by atoms with Crippen molar-refractivity contribution in [2.24, 2.45) is 0 Å². The van der Waals surface area contributed by atoms with E-state index in [0.29, 0.717) is 19.6 Å². The molecule has 0 spiro atoms. The first-order chi connectivity index (χ1) is 12.5. The third kappa shape index (κ3) is 5.34. The molecule has 0 N–H and O–H groups in total. The predicted octanol–water partition coefficient (Wildman–Crippen LogP) is 3.49. The van der Waals surface area contributed by atoms with E-state index in [0.717, 1.165) is 17.0 Å². The van der Waals surface area contributed by atoms with E-state index in [4.69, 9.17) is 4.74 Å². The second kappa shape index (κ2) is 9.61. The molecule has 0 aromatic heterocycles. The third-order valence-electron chi connectivity index (χ3n) is 4.26. The maximum absolute atomic E-state index is 12.6. The summed E-state index contributed by atoms with van der Waals surface area (Å²) in [4.78, 5) is 28.0. The largest absolute Gasteiger partial charge is 0.497 e. The minimum Gasteiger partial charge on any atom is -0.497 e. The quantitative estimate of drug-likeness (QED) is 0.729. The second-order valence-corrected chi connectivity index (χ2v) is 6.01. The zero-order chi connectivity index (χ0) is 18.9. The fourth-order valence-electron chi connectivity index (χ4n) is 2.78. The van der Waals surface area contributed by atoms with Gasteiger partial charge in [0, 0.05) is 38.7 Å². The van der Waals surface area contributed by atoms with Crippen molar-refractivity contribution < 1.29 is 14.3 Å². The summed E-state index contributed by atoms with van der Waals surface area (Å²) in [5.41, 5.74) is 1.86. The number of amides is 2. The number of rotatable bonds is 8. The molecule has 0 unspecified atom stereocenters. The Balaban J connectivity index is 2.00. The van der Waals surface area contributed by atoms with Crippen LogP contribution in [-0.4, -0.2) is 36.9 Å². The summed E-state index contributed by atoms with van der Waals surface area (Å²) in [6.07, 6.45) is 0.284. The highest BCUT2D eigenvalue weighted by Crippen LogP contribution is 2.20. The van der Waals surface area contributed by atoms with E-state index in [-0.39, 0.29) is 18.2 Å². The average Bonchev–Trinajstić information content (AvgIpc) is 2.67. The summed E-state index contributed by atoms with van der Waals surface area (Å²) < 4.78 is 5.15. The van der Waals surface area contributed by atoms with Gasteiger partial charge >= 0.3 is 0 Å². The Kier molecular flexibility index (Phi) is 7.21. The Morgan fingerprint density at radius 1 is 1.00 bits per heavy atom. The first kappa shape index (κ1) is 19.5. The lowest BCUT2D eigenvalue weighted by molar-refractivity contribution is -0.131. The van der Waals surface area contributed by atoms with Gasteiger partial charge in [-0.1, -0.05) is 30.3 Å². The molecule has 0 atom stereocenters. The lowest BCUT2D eigenvalue weighted by Crippen LogP contribution is -2.36. The normalized spacial score (nSPS) is 10.3. The van der Waals surface area contributed by atoms with Crippen LogP contribution in [0.5, 0.6) is 5.75 Å². The fourth-order valence-corrected chi connectivity index (χ4v) is 2.78. The Hall–Kier alpha value is -2.82. The monoisotopic (exact) mass is 354 g/mol. The molecular formula is C21H26N2O3. The van der Waals surface area contributed by atoms with Gasteiger partial charge in [0.25, 0.3) is 0 Å². The highest BCUT2D eigenvalue weighted by molar-refractivity contribution is 5.92. The summed E-state index contributed by atoms with van der Waals surface area (Å²) in [5.74, 6) is 0.679. The molecule has 0 saturated heterocycles. The number of carbonyl (C=O) groups is 2. The lowest BCUT2D eigenvalue weighted by Gasteiger charge is -2.25. The number of methoxy groups -OCH3 is 1. The van der Waals surface area contributed by atoms with Crippen molar-refractivity contribution in [1.82, 2.24) is 4.90 Å². The lowest BCUT2D eigenvalue weighted by atomic mass is 10.2. The van der Waals surface area contributed by atoms with Gasteiger partial charge < -0.3 is 14.5 Å². The van der Waals surface area contributed by atoms with Crippen molar-refractivity contribution in [2.75, 3.05) is 25.1 Å². The molecule has 26 heavy (non-hydrogen) atoms. The Labute approximate surface area is 155 Å². The maximum Gasteiger partial charge on any atom is 0.224 e. The van der Waals surface area contributed by atoms with E-state index in [9.17, 15) is 9.59 Å². The minimum absolute atomic E-state index is 0.0381. The number of anilines is 1. The maximum atomic E-state index is 12.6. The van der Waals surface area contributed by atoms with Crippen molar-refractivity contribution in [3.8, 4) is 5.75 Å². The number of nitrogens with zero attached hydrogens (tertiary/aromatic N) is 2. The van der Waals surface area contributed by atoms with E-state index in [1.165, 1.54) is 6.92 Å². The van der Waals surface area contributed by atoms with E-state index in [1.54, 1.807) is 24.1 Å². The van der Waals surface area contributed by atoms with Crippen LogP contribution in [0.15, 0.2) is 54.6 Å². The highest BCUT2D eigenvalue weighted by atomic mass is 16.5. The predicted molar refractivity (Wildman–Crippen MR) is 103 cm³/mol. The molecule has 138 valence electrons. The van der Waals surface area contributed by atoms with Gasteiger partial charge in [0.1, 0.15) is 5.75 Å². The molecule has 5 heteroatoms. The van der Waals surface area contributed by atoms with Gasteiger partial charge in [-0.25, -0.2) is 0 Å². The molecule has 0 heterocycles. The van der Waals surface area contributed by atoms with Crippen LogP contribution in [0.4, 0.5) is 5.69 Å². The molecule has 0 saturated carbocycles. The average molecular weight is 354 g/mol. The molecule has 0 bridgehead atoms. The van der Waals surface area contributed by atoms with Crippen LogP contribution in [-0.2, 0) is 16.1 Å². The molecule has 0 radical (unpaired) electrons. The van der Waals surface area contributed by atoms with Crippen LogP contribution >= 0.6 is 0 Å². The van der Waals surface area contributed by atoms with Crippen LogP contribution in [0.2, 0.25) is 0 Å². The van der Waals surface area contributed by atoms with Gasteiger partial charge in [-0.05, 0) is 36.8 Å². The minimum atomic E-state index is -0.0888. The number of carbonyl (C=O) groups excluding carboxylic acids is 2. The molecule has 0 aliphatic heterocycles. The number of hydrogen-bond acceptors (Lipinski definition) is 3. The second-order valence-electron chi connectivity index (χ2n) is 6.01. The van der Waals surface area contributed by atoms with Gasteiger partial charge in [-0.15, -0.1) is 0 Å². The molecular weight excluding hydrogens is 328 g/mol. The van der Waals surface area contributed by atoms with Gasteiger partial charge in [-0.2, -0.15) is 0 Å². The molecule has 5 nitrogen and oxygen atoms in total. The van der Waals surface area contributed by atoms with Crippen molar-refractivity contribution in [3.05, 3.63) is 60.2 Å². The topological polar surface area (TPSA) is 49.9 Å². The standard InChI is InChI=1S/C21H26N2O3/c1-4-22(16-18-8-6-5-7-9-18)21(25)14-15-23(17(2)24)19-10-12-20(26-3)13-11-19/h5-13H,4,14-16H2,1-3H3. The van der Waals surface area contributed by atoms with Crippen molar-refractivity contribution in [1.29, 1.82) is 0 Å². The molecule has 2 rings (SSSR count). The van der Waals surface area contributed by atoms with Gasteiger partial charge in [-0.3, -0.25) is 9.59 Å². The van der Waals surface area contributed by atoms with Crippen LogP contribution < -0.4 is 9.64 Å². The summed E-state index contributed by atoms with van der Waals surface area (Å²) in [7, 11) is 1.60. The first-order valence-electron chi connectivity index (χ1n) is 8.79. The summed E-state index contributed by atoms with van der Waals surface area (Å²) in [5, 5.41) is 0. The molecule has 2 aromatic rings. The third-order valence-corrected chi connectivity index (χ3v) is 4.26. The van der Waals surface area contributed by atoms with E-state index >= 15 is 0 Å². The summed E-state index contributed by atoms with van der Waals surface area (Å²) in [6.45, 7) is 5.05. The molecule has 0 aliphatic carbocycles. The fraction of sp³-hybridized carbons (Fsp3) is 0.333. The SMILES string of the molecule is CCN(Cc1ccccc1)C(=O)CCN(C(C)=O)c1ccc(OC)cc1. The smallest absolute Gasteiger partial charge is 0.224 e. The Morgan fingerprint density at radius 3 is 2.19 bits per heavy atom. The summed E-state index contributed by atoms with van der Waals surface area (Å²) >= 11 is 0.